The number of amides is 1. The van der Waals surface area contributed by atoms with Gasteiger partial charge in [0.1, 0.15) is 17.3 Å². The van der Waals surface area contributed by atoms with Crippen LogP contribution in [0.3, 0.4) is 0 Å². The van der Waals surface area contributed by atoms with E-state index in [1.165, 1.54) is 4.90 Å². The van der Waals surface area contributed by atoms with Crippen molar-refractivity contribution in [3.05, 3.63) is 53.1 Å². The number of hydrogen-bond donors (Lipinski definition) is 4. The Bertz CT molecular complexity index is 1400. The summed E-state index contributed by atoms with van der Waals surface area (Å²) < 4.78 is 3.67. The lowest BCUT2D eigenvalue weighted by molar-refractivity contribution is 0.0294. The van der Waals surface area contributed by atoms with Crippen molar-refractivity contribution in [2.45, 2.75) is 38.8 Å². The highest BCUT2D eigenvalue weighted by Crippen LogP contribution is 2.25. The number of fused-ring (bicyclic) bond motifs is 2. The molecule has 1 aliphatic rings. The maximum absolute atomic E-state index is 11.2. The van der Waals surface area contributed by atoms with Gasteiger partial charge in [0, 0.05) is 43.0 Å². The first-order valence-electron chi connectivity index (χ1n) is 11.9. The van der Waals surface area contributed by atoms with Crippen LogP contribution in [-0.4, -0.2) is 70.9 Å². The molecule has 4 aromatic heterocycles. The van der Waals surface area contributed by atoms with Gasteiger partial charge in [-0.2, -0.15) is 9.61 Å². The molecule has 12 heteroatoms. The minimum atomic E-state index is -1.00. The lowest BCUT2D eigenvalue weighted by Crippen LogP contribution is -2.47. The predicted molar refractivity (Wildman–Crippen MR) is 137 cm³/mol. The van der Waals surface area contributed by atoms with Crippen LogP contribution in [0.5, 0.6) is 0 Å². The summed E-state index contributed by atoms with van der Waals surface area (Å²) in [4.78, 5) is 21.9. The Morgan fingerprint density at radius 3 is 2.83 bits per heavy atom. The van der Waals surface area contributed by atoms with Crippen molar-refractivity contribution >= 4 is 40.6 Å². The molecule has 1 amide bonds. The third-order valence-corrected chi connectivity index (χ3v) is 6.80. The molecule has 11 nitrogen and oxygen atoms in total. The van der Waals surface area contributed by atoms with Crippen LogP contribution in [-0.2, 0) is 6.54 Å². The molecular formula is C24H29ClN8O3. The molecule has 0 aromatic carbocycles. The van der Waals surface area contributed by atoms with Crippen LogP contribution in [0.1, 0.15) is 37.4 Å². The van der Waals surface area contributed by atoms with Crippen molar-refractivity contribution in [1.29, 1.82) is 0 Å². The number of aliphatic hydroxyl groups excluding tert-OH is 1. The fraction of sp³-hybridized carbons (Fsp3) is 0.417. The smallest absolute Gasteiger partial charge is 0.407 e. The van der Waals surface area contributed by atoms with Gasteiger partial charge in [-0.05, 0) is 24.5 Å². The lowest BCUT2D eigenvalue weighted by Gasteiger charge is -2.34. The van der Waals surface area contributed by atoms with E-state index in [9.17, 15) is 15.0 Å². The molecule has 1 aliphatic heterocycles. The van der Waals surface area contributed by atoms with Gasteiger partial charge in [0.2, 0.25) is 0 Å². The first-order chi connectivity index (χ1) is 17.3. The number of aromatic nitrogens is 5. The third kappa shape index (κ3) is 4.89. The van der Waals surface area contributed by atoms with Gasteiger partial charge in [-0.15, -0.1) is 0 Å². The average molecular weight is 513 g/mol. The molecule has 2 atom stereocenters. The molecule has 0 spiro atoms. The first kappa shape index (κ1) is 24.1. The largest absolute Gasteiger partial charge is 0.465 e. The molecule has 4 N–H and O–H groups in total. The maximum Gasteiger partial charge on any atom is 0.407 e. The summed E-state index contributed by atoms with van der Waals surface area (Å²) in [6.07, 6.45) is 4.43. The lowest BCUT2D eigenvalue weighted by atomic mass is 9.94. The predicted octanol–water partition coefficient (Wildman–Crippen LogP) is 3.54. The summed E-state index contributed by atoms with van der Waals surface area (Å²) >= 11 is 6.09. The van der Waals surface area contributed by atoms with Crippen LogP contribution in [0.25, 0.3) is 11.3 Å². The molecule has 4 aromatic rings. The summed E-state index contributed by atoms with van der Waals surface area (Å²) in [7, 11) is 0. The number of carboxylic acid groups (broad SMARTS) is 1. The van der Waals surface area contributed by atoms with E-state index in [2.05, 4.69) is 34.6 Å². The highest BCUT2D eigenvalue weighted by Gasteiger charge is 2.30. The molecule has 0 bridgehead atoms. The van der Waals surface area contributed by atoms with E-state index in [0.29, 0.717) is 36.9 Å². The van der Waals surface area contributed by atoms with Crippen molar-refractivity contribution in [1.82, 2.24) is 28.9 Å². The number of halogens is 1. The highest BCUT2D eigenvalue weighted by atomic mass is 35.5. The van der Waals surface area contributed by atoms with Gasteiger partial charge >= 0.3 is 6.09 Å². The molecule has 0 unspecified atom stereocenters. The van der Waals surface area contributed by atoms with Gasteiger partial charge in [-0.3, -0.25) is 0 Å². The van der Waals surface area contributed by atoms with Crippen molar-refractivity contribution in [2.75, 3.05) is 30.3 Å². The van der Waals surface area contributed by atoms with Gasteiger partial charge in [-0.25, -0.2) is 14.8 Å². The van der Waals surface area contributed by atoms with Gasteiger partial charge < -0.3 is 30.1 Å². The number of piperidine rings is 1. The number of rotatable bonds is 7. The molecule has 0 saturated carbocycles. The Hall–Kier alpha value is -3.57. The molecule has 190 valence electrons. The molecule has 0 aliphatic carbocycles. The summed E-state index contributed by atoms with van der Waals surface area (Å²) in [5.41, 5.74) is 3.44. The normalized spacial score (nSPS) is 18.3. The van der Waals surface area contributed by atoms with Crippen molar-refractivity contribution in [3.8, 4) is 0 Å². The van der Waals surface area contributed by atoms with Crippen molar-refractivity contribution < 1.29 is 15.0 Å². The Labute approximate surface area is 212 Å². The molecule has 1 fully saturated rings. The van der Waals surface area contributed by atoms with E-state index in [1.807, 2.05) is 41.2 Å². The summed E-state index contributed by atoms with van der Waals surface area (Å²) in [5, 5.41) is 31.6. The van der Waals surface area contributed by atoms with Gasteiger partial charge in [0.25, 0.3) is 0 Å². The van der Waals surface area contributed by atoms with Crippen LogP contribution < -0.4 is 10.6 Å². The van der Waals surface area contributed by atoms with Gasteiger partial charge in [0.15, 0.2) is 5.65 Å². The maximum atomic E-state index is 11.2. The second-order valence-electron chi connectivity index (χ2n) is 9.44. The summed E-state index contributed by atoms with van der Waals surface area (Å²) in [6, 6.07) is 5.57. The third-order valence-electron chi connectivity index (χ3n) is 6.57. The zero-order valence-corrected chi connectivity index (χ0v) is 20.9. The monoisotopic (exact) mass is 512 g/mol. The fourth-order valence-corrected chi connectivity index (χ4v) is 4.68. The Morgan fingerprint density at radius 2 is 2.08 bits per heavy atom. The van der Waals surface area contributed by atoms with Crippen LogP contribution in [0.2, 0.25) is 5.02 Å². The number of pyridine rings is 1. The highest BCUT2D eigenvalue weighted by molar-refractivity contribution is 6.30. The molecule has 0 radical (unpaired) electrons. The molecule has 5 heterocycles. The molecular weight excluding hydrogens is 484 g/mol. The molecule has 5 rings (SSSR count). The molecule has 1 saturated heterocycles. The van der Waals surface area contributed by atoms with Crippen LogP contribution in [0, 0.1) is 5.92 Å². The van der Waals surface area contributed by atoms with E-state index in [4.69, 9.17) is 16.6 Å². The van der Waals surface area contributed by atoms with Crippen molar-refractivity contribution in [2.24, 2.45) is 5.92 Å². The van der Waals surface area contributed by atoms with E-state index < -0.39 is 12.2 Å². The van der Waals surface area contributed by atoms with Crippen LogP contribution in [0.4, 0.5) is 16.4 Å². The number of nitrogens with one attached hydrogen (secondary N) is 2. The number of likely N-dealkylation sites (tertiary alicyclic amines) is 1. The van der Waals surface area contributed by atoms with E-state index in [0.717, 1.165) is 28.4 Å². The Balaban J connectivity index is 1.36. The zero-order chi connectivity index (χ0) is 25.4. The van der Waals surface area contributed by atoms with E-state index in [-0.39, 0.29) is 18.4 Å². The number of β-amino-alcohol motifs (C(OH)–C–C–N with tert-alkyl or cyclic N) is 1. The second-order valence-corrected chi connectivity index (χ2v) is 9.88. The second kappa shape index (κ2) is 9.82. The number of anilines is 2. The fourth-order valence-electron chi connectivity index (χ4n) is 4.51. The topological polar surface area (TPSA) is 132 Å². The minimum absolute atomic E-state index is 0.0747. The van der Waals surface area contributed by atoms with Crippen LogP contribution >= 0.6 is 11.6 Å². The Morgan fingerprint density at radius 1 is 1.25 bits per heavy atom. The summed E-state index contributed by atoms with van der Waals surface area (Å²) in [5.74, 6) is 1.57. The number of nitrogens with zero attached hydrogens (tertiary/aromatic N) is 6. The number of carbonyl (C=O) groups is 1. The van der Waals surface area contributed by atoms with Gasteiger partial charge in [-0.1, -0.05) is 25.4 Å². The average Bonchev–Trinajstić information content (AvgIpc) is 3.45. The van der Waals surface area contributed by atoms with E-state index in [1.54, 1.807) is 4.52 Å². The number of hydrogen-bond acceptors (Lipinski definition) is 7. The molecule has 36 heavy (non-hydrogen) atoms. The zero-order valence-electron chi connectivity index (χ0n) is 20.1. The first-order valence-corrected chi connectivity index (χ1v) is 12.3. The SMILES string of the molecule is CC(C)c1cnn2c(NCc3cn4cc(Cl)ccc4n3)cc(NC[C@H]3CCN(C(=O)O)C[C@@H]3O)nc12. The van der Waals surface area contributed by atoms with Crippen LogP contribution in [0.15, 0.2) is 36.8 Å². The van der Waals surface area contributed by atoms with E-state index >= 15 is 0 Å². The Kier molecular flexibility index (Phi) is 6.59. The summed E-state index contributed by atoms with van der Waals surface area (Å²) in [6.45, 7) is 5.67. The van der Waals surface area contributed by atoms with Gasteiger partial charge in [0.05, 0.1) is 36.1 Å². The standard InChI is InChI=1S/C24H29ClN8O3/c1-14(2)18-10-28-33-22(27-9-17-12-32-11-16(25)3-4-21(32)29-17)7-20(30-23(18)33)26-8-15-5-6-31(24(35)36)13-19(15)34/h3-4,7,10-12,14-15,19,27,34H,5-6,8-9,13H2,1-2H3,(H,26,30)(H,35,36)/t15-,19+/m1/s1. The quantitative estimate of drug-likeness (QED) is 0.295. The number of imidazole rings is 1. The van der Waals surface area contributed by atoms with Crippen molar-refractivity contribution in [3.63, 3.8) is 0 Å². The number of aliphatic hydroxyl groups is 1. The minimum Gasteiger partial charge on any atom is -0.465 e.